The van der Waals surface area contributed by atoms with Crippen LogP contribution in [0.4, 0.5) is 0 Å². The molecule has 52 valence electrons. The van der Waals surface area contributed by atoms with Gasteiger partial charge in [-0.05, 0) is 0 Å². The van der Waals surface area contributed by atoms with Crippen molar-refractivity contribution in [2.45, 2.75) is 13.8 Å². The second-order valence-electron chi connectivity index (χ2n) is 1.25. The zero-order chi connectivity index (χ0) is 7.28. The van der Waals surface area contributed by atoms with Gasteiger partial charge in [-0.1, -0.05) is 27.0 Å². The van der Waals surface area contributed by atoms with E-state index >= 15 is 0 Å². The minimum atomic E-state index is 0.275. The summed E-state index contributed by atoms with van der Waals surface area (Å²) in [6, 6.07) is 0. The van der Waals surface area contributed by atoms with Crippen LogP contribution in [0.25, 0.3) is 0 Å². The van der Waals surface area contributed by atoms with Crippen LogP contribution < -0.4 is 0 Å². The highest BCUT2D eigenvalue weighted by molar-refractivity contribution is 5.14. The second kappa shape index (κ2) is 4.01. The maximum atomic E-state index is 4.75. The summed E-state index contributed by atoms with van der Waals surface area (Å²) in [5.41, 5.74) is 0. The van der Waals surface area contributed by atoms with Gasteiger partial charge in [0.2, 0.25) is 6.79 Å². The van der Waals surface area contributed by atoms with Gasteiger partial charge in [0, 0.05) is 0 Å². The summed E-state index contributed by atoms with van der Waals surface area (Å²) in [5, 5.41) is 0. The molecule has 0 aromatic carbocycles. The van der Waals surface area contributed by atoms with Gasteiger partial charge in [-0.15, -0.1) is 0 Å². The van der Waals surface area contributed by atoms with E-state index in [-0.39, 0.29) is 6.79 Å². The molecule has 0 aromatic rings. The van der Waals surface area contributed by atoms with Gasteiger partial charge in [0.1, 0.15) is 0 Å². The monoisotopic (exact) mass is 128 g/mol. The van der Waals surface area contributed by atoms with Gasteiger partial charge in [0.25, 0.3) is 0 Å². The first-order valence-electron chi connectivity index (χ1n) is 2.94. The van der Waals surface area contributed by atoms with Crippen LogP contribution in [0.15, 0.2) is 24.7 Å². The predicted molar refractivity (Wildman–Crippen MR) is 36.7 cm³/mol. The highest BCUT2D eigenvalue weighted by Crippen LogP contribution is 2.15. The van der Waals surface area contributed by atoms with E-state index in [1.165, 1.54) is 0 Å². The highest BCUT2D eigenvalue weighted by Gasteiger charge is 2.08. The van der Waals surface area contributed by atoms with Gasteiger partial charge in [0.15, 0.2) is 11.5 Å². The lowest BCUT2D eigenvalue weighted by molar-refractivity contribution is 0.0983. The molecule has 0 bridgehead atoms. The van der Waals surface area contributed by atoms with Gasteiger partial charge in [-0.3, -0.25) is 0 Å². The number of hydrogen-bond acceptors (Lipinski definition) is 2. The molecular weight excluding hydrogens is 116 g/mol. The molecule has 1 aliphatic rings. The minimum absolute atomic E-state index is 0.275. The quantitative estimate of drug-likeness (QED) is 0.497. The average molecular weight is 128 g/mol. The van der Waals surface area contributed by atoms with Crippen LogP contribution in [-0.4, -0.2) is 6.79 Å². The Kier molecular flexibility index (Phi) is 3.60. The second-order valence-corrected chi connectivity index (χ2v) is 1.25. The number of hydrogen-bond donors (Lipinski definition) is 0. The molecule has 1 aliphatic heterocycles. The Balaban J connectivity index is 0.000000291. The lowest BCUT2D eigenvalue weighted by Gasteiger charge is -1.84. The van der Waals surface area contributed by atoms with Crippen molar-refractivity contribution in [2.24, 2.45) is 0 Å². The number of rotatable bonds is 0. The fourth-order valence-corrected chi connectivity index (χ4v) is 0.333. The van der Waals surface area contributed by atoms with Gasteiger partial charge < -0.3 is 9.47 Å². The largest absolute Gasteiger partial charge is 0.454 e. The average Bonchev–Trinajstić information content (AvgIpc) is 2.23. The van der Waals surface area contributed by atoms with Gasteiger partial charge >= 0.3 is 0 Å². The molecule has 9 heavy (non-hydrogen) atoms. The molecule has 2 heteroatoms. The predicted octanol–water partition coefficient (Wildman–Crippen LogP) is 2.04. The van der Waals surface area contributed by atoms with Crippen molar-refractivity contribution in [3.63, 3.8) is 0 Å². The molecule has 1 rings (SSSR count). The third kappa shape index (κ3) is 2.22. The van der Waals surface area contributed by atoms with Gasteiger partial charge in [0.05, 0.1) is 0 Å². The SMILES string of the molecule is C=C1OCOC1=C.CC. The van der Waals surface area contributed by atoms with Crippen molar-refractivity contribution in [1.82, 2.24) is 0 Å². The summed E-state index contributed by atoms with van der Waals surface area (Å²) < 4.78 is 9.50. The Morgan fingerprint density at radius 3 is 1.56 bits per heavy atom. The van der Waals surface area contributed by atoms with Crippen molar-refractivity contribution in [1.29, 1.82) is 0 Å². The standard InChI is InChI=1S/C5H6O2.C2H6/c1-4-5(2)7-3-6-4;1-2/h1-3H2;1-2H3. The van der Waals surface area contributed by atoms with Crippen LogP contribution in [0.2, 0.25) is 0 Å². The van der Waals surface area contributed by atoms with E-state index in [0.29, 0.717) is 11.5 Å². The third-order valence-corrected chi connectivity index (χ3v) is 0.777. The zero-order valence-electron chi connectivity index (χ0n) is 5.94. The third-order valence-electron chi connectivity index (χ3n) is 0.777. The van der Waals surface area contributed by atoms with E-state index in [1.54, 1.807) is 0 Å². The molecule has 0 aromatic heterocycles. The summed E-state index contributed by atoms with van der Waals surface area (Å²) in [7, 11) is 0. The molecule has 0 saturated carbocycles. The summed E-state index contributed by atoms with van der Waals surface area (Å²) in [4.78, 5) is 0. The summed E-state index contributed by atoms with van der Waals surface area (Å²) in [6.07, 6.45) is 0. The Morgan fingerprint density at radius 1 is 1.11 bits per heavy atom. The molecule has 1 heterocycles. The van der Waals surface area contributed by atoms with Crippen LogP contribution in [-0.2, 0) is 9.47 Å². The van der Waals surface area contributed by atoms with Crippen LogP contribution in [0, 0.1) is 0 Å². The molecule has 0 aliphatic carbocycles. The first kappa shape index (κ1) is 8.08. The molecule has 1 fully saturated rings. The lowest BCUT2D eigenvalue weighted by atomic mass is 10.5. The maximum absolute atomic E-state index is 4.75. The Bertz CT molecular complexity index is 102. The van der Waals surface area contributed by atoms with E-state index in [0.717, 1.165) is 0 Å². The normalized spacial score (nSPS) is 15.3. The van der Waals surface area contributed by atoms with E-state index < -0.39 is 0 Å². The van der Waals surface area contributed by atoms with Crippen molar-refractivity contribution in [3.8, 4) is 0 Å². The summed E-state index contributed by atoms with van der Waals surface area (Å²) in [5.74, 6) is 1.08. The molecule has 2 nitrogen and oxygen atoms in total. The highest BCUT2D eigenvalue weighted by atomic mass is 16.7. The smallest absolute Gasteiger partial charge is 0.231 e. The zero-order valence-corrected chi connectivity index (χ0v) is 5.94. The summed E-state index contributed by atoms with van der Waals surface area (Å²) in [6.45, 7) is 11.3. The molecule has 0 spiro atoms. The minimum Gasteiger partial charge on any atom is -0.454 e. The molecule has 0 unspecified atom stereocenters. The van der Waals surface area contributed by atoms with Crippen LogP contribution >= 0.6 is 0 Å². The van der Waals surface area contributed by atoms with E-state index in [2.05, 4.69) is 13.2 Å². The van der Waals surface area contributed by atoms with Crippen molar-refractivity contribution in [3.05, 3.63) is 24.7 Å². The van der Waals surface area contributed by atoms with Crippen LogP contribution in [0.1, 0.15) is 13.8 Å². The Morgan fingerprint density at radius 2 is 1.44 bits per heavy atom. The fourth-order valence-electron chi connectivity index (χ4n) is 0.333. The van der Waals surface area contributed by atoms with Gasteiger partial charge in [-0.25, -0.2) is 0 Å². The number of ether oxygens (including phenoxy) is 2. The molecule has 0 amide bonds. The van der Waals surface area contributed by atoms with Crippen LogP contribution in [0.3, 0.4) is 0 Å². The fraction of sp³-hybridized carbons (Fsp3) is 0.429. The first-order chi connectivity index (χ1) is 4.30. The topological polar surface area (TPSA) is 18.5 Å². The molecule has 0 radical (unpaired) electrons. The Hall–Kier alpha value is -0.920. The Labute approximate surface area is 55.8 Å². The van der Waals surface area contributed by atoms with Crippen LogP contribution in [0.5, 0.6) is 0 Å². The van der Waals surface area contributed by atoms with E-state index in [4.69, 9.17) is 9.47 Å². The summed E-state index contributed by atoms with van der Waals surface area (Å²) >= 11 is 0. The molecule has 0 N–H and O–H groups in total. The van der Waals surface area contributed by atoms with E-state index in [1.807, 2.05) is 13.8 Å². The molecule has 0 atom stereocenters. The van der Waals surface area contributed by atoms with Crippen molar-refractivity contribution < 1.29 is 9.47 Å². The molecule has 1 saturated heterocycles. The van der Waals surface area contributed by atoms with Gasteiger partial charge in [-0.2, -0.15) is 0 Å². The van der Waals surface area contributed by atoms with E-state index in [9.17, 15) is 0 Å². The maximum Gasteiger partial charge on any atom is 0.231 e. The van der Waals surface area contributed by atoms with Crippen molar-refractivity contribution in [2.75, 3.05) is 6.79 Å². The van der Waals surface area contributed by atoms with Crippen molar-refractivity contribution >= 4 is 0 Å². The first-order valence-corrected chi connectivity index (χ1v) is 2.94. The lowest BCUT2D eigenvalue weighted by Crippen LogP contribution is -1.74. The molecular formula is C7H12O2.